The molecular weight excluding hydrogens is 371 g/mol. The molecular formula is C22H23FN4O2. The summed E-state index contributed by atoms with van der Waals surface area (Å²) >= 11 is 0. The number of hydrogen-bond acceptors (Lipinski definition) is 4. The monoisotopic (exact) mass is 394 g/mol. The van der Waals surface area contributed by atoms with Gasteiger partial charge in [0.25, 0.3) is 5.91 Å². The molecule has 1 saturated carbocycles. The first-order valence-electron chi connectivity index (χ1n) is 9.98. The molecule has 3 aromatic rings. The average molecular weight is 394 g/mol. The summed E-state index contributed by atoms with van der Waals surface area (Å²) in [6, 6.07) is 12.6. The summed E-state index contributed by atoms with van der Waals surface area (Å²) in [7, 11) is 0. The first kappa shape index (κ1) is 18.1. The van der Waals surface area contributed by atoms with Gasteiger partial charge < -0.3 is 14.5 Å². The number of carbonyl (C=O) groups excluding carboxylic acids is 1. The standard InChI is InChI=1S/C22H23FN4O2/c1-14-24-21(17-7-4-5-9-27(14)17)22(28)25-20-15-12-18(20)26(13-15)10-11-29-19-8-3-2-6-16(19)23/h2-9,15,18,20H,10-13H2,1H3,(H,25,28). The van der Waals surface area contributed by atoms with Crippen molar-refractivity contribution in [1.29, 1.82) is 0 Å². The lowest BCUT2D eigenvalue weighted by atomic mass is 9.80. The second kappa shape index (κ2) is 7.15. The van der Waals surface area contributed by atoms with Gasteiger partial charge in [-0.15, -0.1) is 0 Å². The van der Waals surface area contributed by atoms with E-state index in [4.69, 9.17) is 4.74 Å². The topological polar surface area (TPSA) is 58.9 Å². The molecule has 1 N–H and O–H groups in total. The molecule has 2 bridgehead atoms. The van der Waals surface area contributed by atoms with E-state index in [0.717, 1.165) is 24.3 Å². The van der Waals surface area contributed by atoms with E-state index in [9.17, 15) is 9.18 Å². The molecule has 1 aromatic carbocycles. The highest BCUT2D eigenvalue weighted by Gasteiger charge is 2.52. The fraction of sp³-hybridized carbons (Fsp3) is 0.364. The summed E-state index contributed by atoms with van der Waals surface area (Å²) in [6.07, 6.45) is 2.99. The zero-order valence-electron chi connectivity index (χ0n) is 16.2. The van der Waals surface area contributed by atoms with E-state index in [1.54, 1.807) is 18.2 Å². The first-order valence-corrected chi connectivity index (χ1v) is 9.98. The minimum atomic E-state index is -0.342. The van der Waals surface area contributed by atoms with Crippen LogP contribution in [-0.2, 0) is 0 Å². The van der Waals surface area contributed by atoms with Gasteiger partial charge in [0.1, 0.15) is 12.4 Å². The molecule has 0 spiro atoms. The number of nitrogens with zero attached hydrogens (tertiary/aromatic N) is 3. The van der Waals surface area contributed by atoms with Gasteiger partial charge in [-0.2, -0.15) is 0 Å². The maximum atomic E-state index is 13.7. The van der Waals surface area contributed by atoms with Crippen molar-refractivity contribution < 1.29 is 13.9 Å². The Morgan fingerprint density at radius 2 is 2.10 bits per heavy atom. The van der Waals surface area contributed by atoms with Crippen molar-refractivity contribution in [3.05, 3.63) is 66.0 Å². The Hall–Kier alpha value is -2.93. The Morgan fingerprint density at radius 3 is 2.97 bits per heavy atom. The van der Waals surface area contributed by atoms with Crippen LogP contribution >= 0.6 is 0 Å². The summed E-state index contributed by atoms with van der Waals surface area (Å²) in [4.78, 5) is 19.7. The van der Waals surface area contributed by atoms with Crippen molar-refractivity contribution in [2.75, 3.05) is 19.7 Å². The highest BCUT2D eigenvalue weighted by molar-refractivity contribution is 5.99. The highest BCUT2D eigenvalue weighted by atomic mass is 19.1. The molecule has 3 fully saturated rings. The molecule has 6 nitrogen and oxygen atoms in total. The molecule has 1 amide bonds. The Balaban J connectivity index is 1.20. The first-order chi connectivity index (χ1) is 14.1. The molecule has 0 radical (unpaired) electrons. The Bertz CT molecular complexity index is 1070. The van der Waals surface area contributed by atoms with Gasteiger partial charge in [-0.3, -0.25) is 9.69 Å². The zero-order valence-corrected chi connectivity index (χ0v) is 16.2. The predicted molar refractivity (Wildman–Crippen MR) is 107 cm³/mol. The summed E-state index contributed by atoms with van der Waals surface area (Å²) in [5.41, 5.74) is 1.30. The average Bonchev–Trinajstić information content (AvgIpc) is 3.39. The fourth-order valence-electron chi connectivity index (χ4n) is 4.61. The van der Waals surface area contributed by atoms with Gasteiger partial charge >= 0.3 is 0 Å². The van der Waals surface area contributed by atoms with Crippen LogP contribution < -0.4 is 10.1 Å². The van der Waals surface area contributed by atoms with Crippen molar-refractivity contribution in [3.8, 4) is 5.75 Å². The van der Waals surface area contributed by atoms with Crippen LogP contribution in [0, 0.1) is 18.7 Å². The van der Waals surface area contributed by atoms with Crippen LogP contribution in [0.15, 0.2) is 48.7 Å². The van der Waals surface area contributed by atoms with Crippen molar-refractivity contribution in [2.45, 2.75) is 25.4 Å². The SMILES string of the molecule is Cc1nc(C(=O)NC2C3CC2N(CCOc2ccccc2F)C3)c2ccccn12. The quantitative estimate of drug-likeness (QED) is 0.698. The van der Waals surface area contributed by atoms with E-state index in [-0.39, 0.29) is 23.5 Å². The molecule has 150 valence electrons. The van der Waals surface area contributed by atoms with Crippen molar-refractivity contribution in [1.82, 2.24) is 19.6 Å². The number of imidazole rings is 1. The number of para-hydroxylation sites is 1. The van der Waals surface area contributed by atoms with Gasteiger partial charge in [0.15, 0.2) is 17.3 Å². The Morgan fingerprint density at radius 1 is 1.28 bits per heavy atom. The minimum Gasteiger partial charge on any atom is -0.489 e. The number of pyridine rings is 1. The summed E-state index contributed by atoms with van der Waals surface area (Å²) in [5, 5.41) is 3.19. The molecule has 3 aliphatic rings. The lowest BCUT2D eigenvalue weighted by Gasteiger charge is -2.37. The molecule has 2 saturated heterocycles. The third-order valence-corrected chi connectivity index (χ3v) is 6.11. The lowest BCUT2D eigenvalue weighted by molar-refractivity contribution is 0.0860. The van der Waals surface area contributed by atoms with Crippen LogP contribution in [0.5, 0.6) is 5.75 Å². The molecule has 6 rings (SSSR count). The van der Waals surface area contributed by atoms with Crippen LogP contribution in [0.4, 0.5) is 4.39 Å². The number of rotatable bonds is 6. The number of nitrogens with one attached hydrogen (secondary N) is 1. The second-order valence-corrected chi connectivity index (χ2v) is 7.80. The van der Waals surface area contributed by atoms with Crippen LogP contribution in [0.1, 0.15) is 22.7 Å². The molecule has 2 aromatic heterocycles. The number of amides is 1. The van der Waals surface area contributed by atoms with E-state index in [0.29, 0.717) is 30.8 Å². The molecule has 7 heteroatoms. The van der Waals surface area contributed by atoms with Crippen molar-refractivity contribution in [3.63, 3.8) is 0 Å². The molecule has 1 aliphatic carbocycles. The van der Waals surface area contributed by atoms with Crippen LogP contribution in [0.2, 0.25) is 0 Å². The van der Waals surface area contributed by atoms with Gasteiger partial charge in [0.05, 0.1) is 5.52 Å². The maximum absolute atomic E-state index is 13.7. The number of benzene rings is 1. The lowest BCUT2D eigenvalue weighted by Crippen LogP contribution is -2.55. The molecule has 2 aliphatic heterocycles. The molecule has 3 unspecified atom stereocenters. The van der Waals surface area contributed by atoms with Crippen LogP contribution in [0.3, 0.4) is 0 Å². The normalized spacial score (nSPS) is 23.2. The maximum Gasteiger partial charge on any atom is 0.272 e. The third kappa shape index (κ3) is 3.15. The number of aromatic nitrogens is 2. The van der Waals surface area contributed by atoms with E-state index in [2.05, 4.69) is 15.2 Å². The Labute approximate surface area is 168 Å². The fourth-order valence-corrected chi connectivity index (χ4v) is 4.61. The third-order valence-electron chi connectivity index (χ3n) is 6.11. The highest BCUT2D eigenvalue weighted by Crippen LogP contribution is 2.41. The number of ether oxygens (including phenoxy) is 1. The number of halogens is 1. The van der Waals surface area contributed by atoms with Crippen molar-refractivity contribution >= 4 is 11.4 Å². The van der Waals surface area contributed by atoms with E-state index in [1.165, 1.54) is 6.07 Å². The van der Waals surface area contributed by atoms with Gasteiger partial charge in [-0.1, -0.05) is 18.2 Å². The largest absolute Gasteiger partial charge is 0.489 e. The number of hydrogen-bond donors (Lipinski definition) is 1. The van der Waals surface area contributed by atoms with Gasteiger partial charge in [-0.25, -0.2) is 9.37 Å². The van der Waals surface area contributed by atoms with E-state index in [1.807, 2.05) is 35.7 Å². The molecule has 4 heterocycles. The summed E-state index contributed by atoms with van der Waals surface area (Å²) < 4.78 is 21.2. The van der Waals surface area contributed by atoms with Crippen LogP contribution in [0.25, 0.3) is 5.52 Å². The van der Waals surface area contributed by atoms with Gasteiger partial charge in [0, 0.05) is 31.4 Å². The molecule has 29 heavy (non-hydrogen) atoms. The van der Waals surface area contributed by atoms with E-state index >= 15 is 0 Å². The van der Waals surface area contributed by atoms with E-state index < -0.39 is 0 Å². The number of aryl methyl sites for hydroxylation is 1. The minimum absolute atomic E-state index is 0.119. The predicted octanol–water partition coefficient (Wildman–Crippen LogP) is 2.66. The smallest absolute Gasteiger partial charge is 0.272 e. The number of carbonyl (C=O) groups is 1. The Kier molecular flexibility index (Phi) is 4.47. The van der Waals surface area contributed by atoms with Gasteiger partial charge in [-0.05, 0) is 43.5 Å². The number of fused-ring (bicyclic) bond motifs is 2. The summed E-state index contributed by atoms with van der Waals surface area (Å²) in [6.45, 7) is 3.97. The second-order valence-electron chi connectivity index (χ2n) is 7.80. The molecule has 3 atom stereocenters. The van der Waals surface area contributed by atoms with Crippen LogP contribution in [-0.4, -0.2) is 52.0 Å². The van der Waals surface area contributed by atoms with Gasteiger partial charge in [0.2, 0.25) is 0 Å². The van der Waals surface area contributed by atoms with Crippen molar-refractivity contribution in [2.24, 2.45) is 5.92 Å². The zero-order chi connectivity index (χ0) is 20.0. The summed E-state index contributed by atoms with van der Waals surface area (Å²) in [5.74, 6) is 1.07.